The number of carbonyl (C=O) groups excluding carboxylic acids is 2. The minimum Gasteiger partial charge on any atom is -0.451 e. The number of aromatic nitrogens is 2. The molecule has 7 nitrogen and oxygen atoms in total. The monoisotopic (exact) mass is 442 g/mol. The van der Waals surface area contributed by atoms with E-state index in [9.17, 15) is 9.59 Å². The fourth-order valence-corrected chi connectivity index (χ4v) is 3.64. The van der Waals surface area contributed by atoms with E-state index in [0.717, 1.165) is 22.8 Å². The van der Waals surface area contributed by atoms with Gasteiger partial charge >= 0.3 is 5.97 Å². The predicted molar refractivity (Wildman–Crippen MR) is 129 cm³/mol. The lowest BCUT2D eigenvalue weighted by Crippen LogP contribution is -2.39. The number of nitrogens with one attached hydrogen (secondary N) is 1. The normalized spacial score (nSPS) is 10.9. The van der Waals surface area contributed by atoms with Crippen molar-refractivity contribution in [1.82, 2.24) is 9.38 Å². The molecule has 2 aromatic heterocycles. The van der Waals surface area contributed by atoms with Crippen molar-refractivity contribution in [3.05, 3.63) is 90.4 Å². The standard InChI is InChI=1S/C26H26N4O3/c1-18(2)30(22-14-12-21(13-15-22)27-20-9-5-4-6-10-20)25(31)17-33-26(32)23-16-29-19(3)8-7-11-24(29)28-23/h4-16,18,27H,17H2,1-3H3. The average Bonchev–Trinajstić information content (AvgIpc) is 3.25. The Bertz CT molecular complexity index is 1260. The first-order valence-electron chi connectivity index (χ1n) is 10.8. The number of aryl methyl sites for hydroxylation is 1. The van der Waals surface area contributed by atoms with Crippen LogP contribution in [0.3, 0.4) is 0 Å². The number of ether oxygens (including phenoxy) is 1. The molecule has 0 aliphatic rings. The van der Waals surface area contributed by atoms with Gasteiger partial charge in [-0.1, -0.05) is 24.3 Å². The van der Waals surface area contributed by atoms with Gasteiger partial charge in [-0.15, -0.1) is 0 Å². The summed E-state index contributed by atoms with van der Waals surface area (Å²) >= 11 is 0. The highest BCUT2D eigenvalue weighted by molar-refractivity contribution is 5.97. The van der Waals surface area contributed by atoms with Gasteiger partial charge < -0.3 is 19.4 Å². The molecular weight excluding hydrogens is 416 g/mol. The summed E-state index contributed by atoms with van der Waals surface area (Å²) in [5.41, 5.74) is 4.40. The smallest absolute Gasteiger partial charge is 0.359 e. The molecule has 1 N–H and O–H groups in total. The lowest BCUT2D eigenvalue weighted by Gasteiger charge is -2.27. The van der Waals surface area contributed by atoms with Crippen molar-refractivity contribution in [2.24, 2.45) is 0 Å². The number of pyridine rings is 1. The molecule has 7 heteroatoms. The van der Waals surface area contributed by atoms with Crippen LogP contribution in [0.25, 0.3) is 5.65 Å². The Kier molecular flexibility index (Phi) is 6.40. The number of hydrogen-bond acceptors (Lipinski definition) is 5. The van der Waals surface area contributed by atoms with E-state index in [1.54, 1.807) is 11.1 Å². The van der Waals surface area contributed by atoms with Gasteiger partial charge in [0.15, 0.2) is 12.3 Å². The van der Waals surface area contributed by atoms with Crippen LogP contribution < -0.4 is 10.2 Å². The third kappa shape index (κ3) is 5.03. The van der Waals surface area contributed by atoms with Crippen LogP contribution in [0.2, 0.25) is 0 Å². The number of imidazole rings is 1. The van der Waals surface area contributed by atoms with Gasteiger partial charge in [-0.25, -0.2) is 9.78 Å². The molecule has 0 saturated heterocycles. The Labute approximate surface area is 192 Å². The Balaban J connectivity index is 1.42. The summed E-state index contributed by atoms with van der Waals surface area (Å²) in [5.74, 6) is -0.931. The lowest BCUT2D eigenvalue weighted by molar-refractivity contribution is -0.122. The number of fused-ring (bicyclic) bond motifs is 1. The number of nitrogens with zero attached hydrogens (tertiary/aromatic N) is 3. The molecule has 0 saturated carbocycles. The minimum atomic E-state index is -0.627. The number of benzene rings is 2. The molecular formula is C26H26N4O3. The van der Waals surface area contributed by atoms with E-state index in [4.69, 9.17) is 4.74 Å². The third-order valence-corrected chi connectivity index (χ3v) is 5.22. The molecule has 2 aromatic carbocycles. The molecule has 0 aliphatic carbocycles. The second-order valence-electron chi connectivity index (χ2n) is 7.99. The van der Waals surface area contributed by atoms with Crippen molar-refractivity contribution in [3.63, 3.8) is 0 Å². The van der Waals surface area contributed by atoms with Crippen LogP contribution in [0.4, 0.5) is 17.1 Å². The molecule has 0 atom stereocenters. The maximum Gasteiger partial charge on any atom is 0.359 e. The first-order valence-corrected chi connectivity index (χ1v) is 10.8. The van der Waals surface area contributed by atoms with Gasteiger partial charge in [-0.3, -0.25) is 4.79 Å². The number of amides is 1. The summed E-state index contributed by atoms with van der Waals surface area (Å²) in [6, 6.07) is 22.9. The van der Waals surface area contributed by atoms with Crippen LogP contribution in [0, 0.1) is 6.92 Å². The summed E-state index contributed by atoms with van der Waals surface area (Å²) < 4.78 is 7.11. The van der Waals surface area contributed by atoms with Gasteiger partial charge in [0, 0.05) is 35.0 Å². The minimum absolute atomic E-state index is 0.109. The molecule has 0 radical (unpaired) electrons. The van der Waals surface area contributed by atoms with Crippen molar-refractivity contribution in [2.75, 3.05) is 16.8 Å². The number of hydrogen-bond donors (Lipinski definition) is 1. The fraction of sp³-hybridized carbons (Fsp3) is 0.192. The van der Waals surface area contributed by atoms with Crippen molar-refractivity contribution >= 4 is 34.6 Å². The highest BCUT2D eigenvalue weighted by Crippen LogP contribution is 2.23. The molecule has 0 fully saturated rings. The maximum absolute atomic E-state index is 12.9. The summed E-state index contributed by atoms with van der Waals surface area (Å²) in [6.45, 7) is 5.39. The second kappa shape index (κ2) is 9.56. The van der Waals surface area contributed by atoms with Gasteiger partial charge in [-0.2, -0.15) is 0 Å². The molecule has 0 spiro atoms. The van der Waals surface area contributed by atoms with Gasteiger partial charge in [0.1, 0.15) is 5.65 Å². The Hall–Kier alpha value is -4.13. The van der Waals surface area contributed by atoms with Gasteiger partial charge in [0.2, 0.25) is 0 Å². The van der Waals surface area contributed by atoms with E-state index in [1.807, 2.05) is 98.0 Å². The van der Waals surface area contributed by atoms with Crippen LogP contribution in [0.15, 0.2) is 79.0 Å². The third-order valence-electron chi connectivity index (χ3n) is 5.22. The largest absolute Gasteiger partial charge is 0.451 e. The van der Waals surface area contributed by atoms with E-state index in [-0.39, 0.29) is 24.2 Å². The van der Waals surface area contributed by atoms with E-state index < -0.39 is 5.97 Å². The molecule has 0 bridgehead atoms. The van der Waals surface area contributed by atoms with Crippen LogP contribution in [-0.2, 0) is 9.53 Å². The lowest BCUT2D eigenvalue weighted by atomic mass is 10.2. The summed E-state index contributed by atoms with van der Waals surface area (Å²) in [4.78, 5) is 31.3. The van der Waals surface area contributed by atoms with Gasteiger partial charge in [0.05, 0.1) is 0 Å². The van der Waals surface area contributed by atoms with E-state index in [1.165, 1.54) is 0 Å². The highest BCUT2D eigenvalue weighted by Gasteiger charge is 2.22. The number of carbonyl (C=O) groups is 2. The molecule has 0 aliphatic heterocycles. The Morgan fingerprint density at radius 2 is 1.67 bits per heavy atom. The van der Waals surface area contributed by atoms with E-state index >= 15 is 0 Å². The van der Waals surface area contributed by atoms with Crippen LogP contribution in [0.1, 0.15) is 30.0 Å². The van der Waals surface area contributed by atoms with Crippen LogP contribution in [0.5, 0.6) is 0 Å². The molecule has 4 aromatic rings. The van der Waals surface area contributed by atoms with Gasteiger partial charge in [0.25, 0.3) is 5.91 Å². The van der Waals surface area contributed by atoms with Crippen molar-refractivity contribution in [2.45, 2.75) is 26.8 Å². The molecule has 1 amide bonds. The summed E-state index contributed by atoms with van der Waals surface area (Å²) in [5, 5.41) is 3.32. The zero-order valence-corrected chi connectivity index (χ0v) is 18.9. The molecule has 2 heterocycles. The zero-order chi connectivity index (χ0) is 23.4. The Morgan fingerprint density at radius 1 is 0.970 bits per heavy atom. The van der Waals surface area contributed by atoms with E-state index in [2.05, 4.69) is 10.3 Å². The highest BCUT2D eigenvalue weighted by atomic mass is 16.5. The maximum atomic E-state index is 12.9. The SMILES string of the molecule is Cc1cccc2nc(C(=O)OCC(=O)N(c3ccc(Nc4ccccc4)cc3)C(C)C)cn12. The fourth-order valence-electron chi connectivity index (χ4n) is 3.64. The van der Waals surface area contributed by atoms with Crippen LogP contribution in [-0.4, -0.2) is 33.9 Å². The molecule has 0 unspecified atom stereocenters. The van der Waals surface area contributed by atoms with Gasteiger partial charge in [-0.05, 0) is 69.3 Å². The van der Waals surface area contributed by atoms with Crippen molar-refractivity contribution in [1.29, 1.82) is 0 Å². The molecule has 168 valence electrons. The average molecular weight is 443 g/mol. The number of anilines is 3. The molecule has 33 heavy (non-hydrogen) atoms. The number of esters is 1. The summed E-state index contributed by atoms with van der Waals surface area (Å²) in [6.07, 6.45) is 1.62. The first kappa shape index (κ1) is 22.1. The second-order valence-corrected chi connectivity index (χ2v) is 7.99. The quantitative estimate of drug-likeness (QED) is 0.408. The Morgan fingerprint density at radius 3 is 2.33 bits per heavy atom. The van der Waals surface area contributed by atoms with E-state index in [0.29, 0.717) is 5.65 Å². The van der Waals surface area contributed by atoms with Crippen molar-refractivity contribution < 1.29 is 14.3 Å². The number of para-hydroxylation sites is 1. The number of rotatable bonds is 7. The predicted octanol–water partition coefficient (Wildman–Crippen LogP) is 4.98. The first-order chi connectivity index (χ1) is 15.9. The zero-order valence-electron chi connectivity index (χ0n) is 18.9. The van der Waals surface area contributed by atoms with Crippen molar-refractivity contribution in [3.8, 4) is 0 Å². The van der Waals surface area contributed by atoms with Crippen LogP contribution >= 0.6 is 0 Å². The summed E-state index contributed by atoms with van der Waals surface area (Å²) in [7, 11) is 0. The molecule has 4 rings (SSSR count). The topological polar surface area (TPSA) is 75.9 Å².